The van der Waals surface area contributed by atoms with Gasteiger partial charge in [-0.1, -0.05) is 18.1 Å². The lowest BCUT2D eigenvalue weighted by Gasteiger charge is -2.33. The number of nitrogens with one attached hydrogen (secondary N) is 3. The van der Waals surface area contributed by atoms with Gasteiger partial charge in [-0.2, -0.15) is 13.2 Å². The average molecular weight is 559 g/mol. The Morgan fingerprint density at radius 1 is 1.26 bits per heavy atom. The SMILES string of the molecule is Cc1nonc1C(=O)N[C@H](c1nc2ccc([C@@H](O)NC(=O)C[C@@H](C)C(F)(F)F)cc2[nH]1)[C@@H]1CCCC(F)(F)C1. The van der Waals surface area contributed by atoms with E-state index in [1.807, 2.05) is 0 Å². The molecule has 0 unspecified atom stereocenters. The van der Waals surface area contributed by atoms with Gasteiger partial charge >= 0.3 is 6.18 Å². The fourth-order valence-corrected chi connectivity index (χ4v) is 4.60. The molecule has 212 valence electrons. The first kappa shape index (κ1) is 28.4. The molecule has 1 aliphatic rings. The van der Waals surface area contributed by atoms with Gasteiger partial charge in [0.15, 0.2) is 11.9 Å². The molecule has 0 radical (unpaired) electrons. The number of amides is 2. The molecule has 4 N–H and O–H groups in total. The lowest BCUT2D eigenvalue weighted by atomic mass is 9.81. The molecule has 4 atom stereocenters. The number of halogens is 5. The van der Waals surface area contributed by atoms with Crippen molar-refractivity contribution in [2.45, 2.75) is 70.3 Å². The minimum absolute atomic E-state index is 0.0975. The molecule has 2 heterocycles. The smallest absolute Gasteiger partial charge is 0.369 e. The lowest BCUT2D eigenvalue weighted by Crippen LogP contribution is -2.39. The number of aromatic amines is 1. The van der Waals surface area contributed by atoms with Gasteiger partial charge in [-0.3, -0.25) is 9.59 Å². The third-order valence-corrected chi connectivity index (χ3v) is 6.79. The average Bonchev–Trinajstić information content (AvgIpc) is 3.46. The zero-order chi connectivity index (χ0) is 28.5. The number of carbonyl (C=O) groups excluding carboxylic acids is 2. The van der Waals surface area contributed by atoms with Crippen molar-refractivity contribution in [3.8, 4) is 0 Å². The zero-order valence-electron chi connectivity index (χ0n) is 21.0. The molecule has 3 aromatic rings. The summed E-state index contributed by atoms with van der Waals surface area (Å²) < 4.78 is 71.4. The Labute approximate surface area is 218 Å². The first-order valence-corrected chi connectivity index (χ1v) is 12.2. The summed E-state index contributed by atoms with van der Waals surface area (Å²) in [5, 5.41) is 22.3. The zero-order valence-corrected chi connectivity index (χ0v) is 21.0. The van der Waals surface area contributed by atoms with E-state index in [1.165, 1.54) is 25.1 Å². The maximum absolute atomic E-state index is 14.3. The van der Waals surface area contributed by atoms with Gasteiger partial charge in [-0.15, -0.1) is 0 Å². The number of imidazole rings is 1. The van der Waals surface area contributed by atoms with Crippen LogP contribution in [0.5, 0.6) is 0 Å². The highest BCUT2D eigenvalue weighted by Crippen LogP contribution is 2.42. The second-order valence-electron chi connectivity index (χ2n) is 9.88. The summed E-state index contributed by atoms with van der Waals surface area (Å²) in [4.78, 5) is 32.3. The Balaban J connectivity index is 1.57. The second kappa shape index (κ2) is 10.9. The topological polar surface area (TPSA) is 146 Å². The minimum atomic E-state index is -4.55. The van der Waals surface area contributed by atoms with Crippen LogP contribution in [0.3, 0.4) is 0 Å². The molecule has 0 spiro atoms. The number of aliphatic hydroxyl groups excluding tert-OH is 1. The van der Waals surface area contributed by atoms with Gasteiger partial charge in [0.2, 0.25) is 11.8 Å². The van der Waals surface area contributed by atoms with Crippen LogP contribution in [-0.2, 0) is 4.79 Å². The molecule has 10 nitrogen and oxygen atoms in total. The first-order chi connectivity index (χ1) is 18.2. The standard InChI is InChI=1S/C24H27F5N6O4/c1-11(24(27,28)29)8-17(36)32-21(37)13-5-6-15-16(9-13)31-20(30-15)19(14-4-3-7-23(25,26)10-14)33-22(38)18-12(2)34-39-35-18/h5-6,9,11,14,19,21,37H,3-4,7-8,10H2,1-2H3,(H,30,31)(H,32,36)(H,33,38)/t11-,14-,19+,21-/m1/s1. The Kier molecular flexibility index (Phi) is 7.91. The van der Waals surface area contributed by atoms with Crippen LogP contribution < -0.4 is 10.6 Å². The molecule has 2 aromatic heterocycles. The van der Waals surface area contributed by atoms with E-state index in [-0.39, 0.29) is 35.6 Å². The van der Waals surface area contributed by atoms with Crippen molar-refractivity contribution in [2.24, 2.45) is 11.8 Å². The summed E-state index contributed by atoms with van der Waals surface area (Å²) >= 11 is 0. The van der Waals surface area contributed by atoms with Gasteiger partial charge in [0, 0.05) is 24.8 Å². The van der Waals surface area contributed by atoms with E-state index < -0.39 is 60.9 Å². The third kappa shape index (κ3) is 6.69. The number of nitrogens with zero attached hydrogens (tertiary/aromatic N) is 3. The summed E-state index contributed by atoms with van der Waals surface area (Å²) in [7, 11) is 0. The molecule has 0 aliphatic heterocycles. The fourth-order valence-electron chi connectivity index (χ4n) is 4.60. The molecule has 0 saturated heterocycles. The number of hydrogen-bond donors (Lipinski definition) is 4. The van der Waals surface area contributed by atoms with E-state index in [9.17, 15) is 36.6 Å². The summed E-state index contributed by atoms with van der Waals surface area (Å²) in [6.45, 7) is 2.37. The van der Waals surface area contributed by atoms with Crippen LogP contribution >= 0.6 is 0 Å². The predicted molar refractivity (Wildman–Crippen MR) is 125 cm³/mol. The fraction of sp³-hybridized carbons (Fsp3) is 0.542. The van der Waals surface area contributed by atoms with Gasteiger partial charge in [0.1, 0.15) is 11.5 Å². The molecular formula is C24H27F5N6O4. The second-order valence-corrected chi connectivity index (χ2v) is 9.88. The number of rotatable bonds is 8. The Hall–Kier alpha value is -3.62. The Bertz CT molecular complexity index is 1340. The van der Waals surface area contributed by atoms with E-state index in [1.54, 1.807) is 0 Å². The number of aliphatic hydroxyl groups is 1. The number of carbonyl (C=O) groups is 2. The molecule has 1 aliphatic carbocycles. The molecule has 4 rings (SSSR count). The third-order valence-electron chi connectivity index (χ3n) is 6.79. The van der Waals surface area contributed by atoms with E-state index in [0.717, 1.165) is 6.92 Å². The van der Waals surface area contributed by atoms with E-state index in [4.69, 9.17) is 0 Å². The largest absolute Gasteiger partial charge is 0.392 e. The normalized spacial score (nSPS) is 19.8. The molecule has 39 heavy (non-hydrogen) atoms. The summed E-state index contributed by atoms with van der Waals surface area (Å²) in [5.41, 5.74) is 0.995. The molecule has 2 amide bonds. The minimum Gasteiger partial charge on any atom is -0.369 e. The van der Waals surface area contributed by atoms with Crippen LogP contribution in [0.2, 0.25) is 0 Å². The van der Waals surface area contributed by atoms with Gasteiger partial charge in [0.25, 0.3) is 5.91 Å². The molecule has 0 bridgehead atoms. The summed E-state index contributed by atoms with van der Waals surface area (Å²) in [5.74, 6) is -6.96. The number of alkyl halides is 5. The lowest BCUT2D eigenvalue weighted by molar-refractivity contribution is -0.174. The highest BCUT2D eigenvalue weighted by atomic mass is 19.4. The molecule has 1 aromatic carbocycles. The van der Waals surface area contributed by atoms with E-state index in [0.29, 0.717) is 17.5 Å². The van der Waals surface area contributed by atoms with E-state index >= 15 is 0 Å². The van der Waals surface area contributed by atoms with Crippen molar-refractivity contribution in [1.29, 1.82) is 0 Å². The van der Waals surface area contributed by atoms with Crippen LogP contribution in [-0.4, -0.2) is 49.3 Å². The first-order valence-electron chi connectivity index (χ1n) is 12.2. The summed E-state index contributed by atoms with van der Waals surface area (Å²) in [6, 6.07) is 3.37. The molecular weight excluding hydrogens is 531 g/mol. The van der Waals surface area contributed by atoms with Gasteiger partial charge in [0.05, 0.1) is 23.0 Å². The van der Waals surface area contributed by atoms with Crippen molar-refractivity contribution in [1.82, 2.24) is 30.9 Å². The number of fused-ring (bicyclic) bond motifs is 1. The quantitative estimate of drug-likeness (QED) is 0.239. The Morgan fingerprint density at radius 3 is 2.64 bits per heavy atom. The molecule has 15 heteroatoms. The van der Waals surface area contributed by atoms with Crippen LogP contribution in [0.4, 0.5) is 22.0 Å². The summed E-state index contributed by atoms with van der Waals surface area (Å²) in [6.07, 6.45) is -7.10. The molecule has 1 saturated carbocycles. The highest BCUT2D eigenvalue weighted by Gasteiger charge is 2.42. The predicted octanol–water partition coefficient (Wildman–Crippen LogP) is 4.25. The number of aryl methyl sites for hydroxylation is 1. The van der Waals surface area contributed by atoms with Crippen molar-refractivity contribution < 1.29 is 41.3 Å². The van der Waals surface area contributed by atoms with Crippen molar-refractivity contribution >= 4 is 22.8 Å². The maximum atomic E-state index is 14.3. The van der Waals surface area contributed by atoms with Crippen LogP contribution in [0.15, 0.2) is 22.8 Å². The molecule has 1 fully saturated rings. The van der Waals surface area contributed by atoms with Gasteiger partial charge in [-0.05, 0) is 43.0 Å². The van der Waals surface area contributed by atoms with Crippen molar-refractivity contribution in [3.05, 3.63) is 41.0 Å². The number of H-pyrrole nitrogens is 1. The van der Waals surface area contributed by atoms with Crippen molar-refractivity contribution in [3.63, 3.8) is 0 Å². The Morgan fingerprint density at radius 2 is 2.00 bits per heavy atom. The van der Waals surface area contributed by atoms with Crippen molar-refractivity contribution in [2.75, 3.05) is 0 Å². The van der Waals surface area contributed by atoms with Gasteiger partial charge in [-0.25, -0.2) is 18.4 Å². The number of benzene rings is 1. The van der Waals surface area contributed by atoms with Crippen LogP contribution in [0.25, 0.3) is 11.0 Å². The maximum Gasteiger partial charge on any atom is 0.392 e. The van der Waals surface area contributed by atoms with E-state index in [2.05, 4.69) is 35.5 Å². The number of hydrogen-bond acceptors (Lipinski definition) is 7. The van der Waals surface area contributed by atoms with Gasteiger partial charge < -0.3 is 20.7 Å². The van der Waals surface area contributed by atoms with Crippen LogP contribution in [0.1, 0.15) is 78.9 Å². The highest BCUT2D eigenvalue weighted by molar-refractivity contribution is 5.93. The number of aromatic nitrogens is 4. The monoisotopic (exact) mass is 558 g/mol. The van der Waals surface area contributed by atoms with Crippen LogP contribution in [0, 0.1) is 18.8 Å².